The van der Waals surface area contributed by atoms with Crippen LogP contribution < -0.4 is 11.1 Å². The molecule has 63 heavy (non-hydrogen) atoms. The summed E-state index contributed by atoms with van der Waals surface area (Å²) in [5, 5.41) is 3.23. The molecule has 0 saturated heterocycles. The Bertz CT molecular complexity index is 2650. The first kappa shape index (κ1) is 49.0. The van der Waals surface area contributed by atoms with Crippen molar-refractivity contribution in [3.63, 3.8) is 0 Å². The lowest BCUT2D eigenvalue weighted by Crippen LogP contribution is -2.17. The maximum atomic E-state index is 14.9. The molecule has 3 N–H and O–H groups in total. The van der Waals surface area contributed by atoms with Crippen LogP contribution in [0.5, 0.6) is 0 Å². The Morgan fingerprint density at radius 2 is 1.25 bits per heavy atom. The highest BCUT2D eigenvalue weighted by Crippen LogP contribution is 2.29. The highest BCUT2D eigenvalue weighted by Gasteiger charge is 2.17. The number of hydrogen-bond acceptors (Lipinski definition) is 2. The minimum atomic E-state index is -0.344. The van der Waals surface area contributed by atoms with E-state index in [1.807, 2.05) is 89.2 Å². The zero-order chi connectivity index (χ0) is 46.7. The van der Waals surface area contributed by atoms with Crippen LogP contribution >= 0.6 is 0 Å². The Labute approximate surface area is 376 Å². The molecule has 2 heterocycles. The molecule has 0 amide bonds. The summed E-state index contributed by atoms with van der Waals surface area (Å²) in [6, 6.07) is 27.5. The van der Waals surface area contributed by atoms with E-state index in [0.717, 1.165) is 56.3 Å². The number of halogens is 1. The van der Waals surface area contributed by atoms with E-state index in [1.54, 1.807) is 19.1 Å². The number of aromatic nitrogens is 2. The van der Waals surface area contributed by atoms with Gasteiger partial charge in [-0.15, -0.1) is 0 Å². The van der Waals surface area contributed by atoms with E-state index >= 15 is 0 Å². The fourth-order valence-corrected chi connectivity index (χ4v) is 7.34. The molecular formula is C54H67FN8. The molecule has 6 aromatic rings. The quantitative estimate of drug-likeness (QED) is 0.112. The summed E-state index contributed by atoms with van der Waals surface area (Å²) in [4.78, 5) is 18.2. The minimum absolute atomic E-state index is 0.116. The summed E-state index contributed by atoms with van der Waals surface area (Å²) in [5.74, 6) is 1.31. The maximum Gasteiger partial charge on any atom is 0.161 e. The Hall–Kier alpha value is -6.61. The number of nitrogens with zero attached hydrogens (tertiary/aromatic N) is 6. The highest BCUT2D eigenvalue weighted by atomic mass is 19.1. The molecule has 8 nitrogen and oxygen atoms in total. The van der Waals surface area contributed by atoms with Gasteiger partial charge in [-0.25, -0.2) is 19.4 Å². The van der Waals surface area contributed by atoms with Gasteiger partial charge in [-0.3, -0.25) is 4.99 Å². The summed E-state index contributed by atoms with van der Waals surface area (Å²) in [6.07, 6.45) is 3.33. The van der Waals surface area contributed by atoms with Gasteiger partial charge in [-0.1, -0.05) is 75.0 Å². The van der Waals surface area contributed by atoms with Crippen molar-refractivity contribution >= 4 is 41.3 Å². The largest absolute Gasteiger partial charge is 0.387 e. The highest BCUT2D eigenvalue weighted by molar-refractivity contribution is 6.12. The van der Waals surface area contributed by atoms with Crippen LogP contribution in [-0.4, -0.2) is 39.0 Å². The molecular weight excluding hydrogens is 780 g/mol. The molecule has 4 aromatic carbocycles. The Morgan fingerprint density at radius 1 is 0.683 bits per heavy atom. The van der Waals surface area contributed by atoms with Crippen LogP contribution in [0.25, 0.3) is 17.5 Å². The van der Waals surface area contributed by atoms with E-state index in [4.69, 9.17) is 10.7 Å². The lowest BCUT2D eigenvalue weighted by Gasteiger charge is -2.16. The van der Waals surface area contributed by atoms with Gasteiger partial charge in [0.2, 0.25) is 0 Å². The van der Waals surface area contributed by atoms with Crippen molar-refractivity contribution in [3.05, 3.63) is 170 Å². The molecule has 6 rings (SSSR count). The first-order valence-electron chi connectivity index (χ1n) is 21.7. The van der Waals surface area contributed by atoms with Crippen molar-refractivity contribution in [1.82, 2.24) is 9.13 Å². The van der Waals surface area contributed by atoms with Crippen LogP contribution in [0.15, 0.2) is 111 Å². The van der Waals surface area contributed by atoms with Crippen molar-refractivity contribution in [3.8, 4) is 11.4 Å². The predicted octanol–water partition coefficient (Wildman–Crippen LogP) is 13.6. The number of aliphatic imine (C=N–C) groups is 4. The molecule has 0 unspecified atom stereocenters. The first-order valence-corrected chi connectivity index (χ1v) is 21.7. The van der Waals surface area contributed by atoms with Crippen LogP contribution in [0.4, 0.5) is 15.8 Å². The molecule has 0 fully saturated rings. The van der Waals surface area contributed by atoms with E-state index in [9.17, 15) is 4.39 Å². The second-order valence-electron chi connectivity index (χ2n) is 15.9. The van der Waals surface area contributed by atoms with Gasteiger partial charge in [0.1, 0.15) is 18.0 Å². The van der Waals surface area contributed by atoms with E-state index in [1.165, 1.54) is 46.0 Å². The summed E-state index contributed by atoms with van der Waals surface area (Å²) in [7, 11) is 0. The number of nitrogens with one attached hydrogen (secondary N) is 1. The van der Waals surface area contributed by atoms with Crippen molar-refractivity contribution in [1.29, 1.82) is 0 Å². The number of aryl methyl sites for hydroxylation is 2. The monoisotopic (exact) mass is 847 g/mol. The van der Waals surface area contributed by atoms with Crippen LogP contribution in [0.1, 0.15) is 107 Å². The zero-order valence-electron chi connectivity index (χ0n) is 40.2. The van der Waals surface area contributed by atoms with Gasteiger partial charge in [0.15, 0.2) is 5.84 Å². The van der Waals surface area contributed by atoms with Crippen molar-refractivity contribution in [2.75, 3.05) is 5.32 Å². The molecule has 330 valence electrons. The molecule has 9 heteroatoms. The number of rotatable bonds is 9. The molecule has 0 saturated carbocycles. The van der Waals surface area contributed by atoms with Crippen molar-refractivity contribution in [2.24, 2.45) is 25.7 Å². The fraction of sp³-hybridized carbons (Fsp3) is 0.296. The predicted molar refractivity (Wildman–Crippen MR) is 270 cm³/mol. The number of nitrogens with two attached hydrogens (primary N) is 1. The Balaban J connectivity index is 0.000000269. The molecule has 0 aliphatic carbocycles. The molecule has 0 aliphatic heterocycles. The summed E-state index contributed by atoms with van der Waals surface area (Å²) < 4.78 is 19.4. The summed E-state index contributed by atoms with van der Waals surface area (Å²) in [6.45, 7) is 34.7. The molecule has 0 atom stereocenters. The third kappa shape index (κ3) is 11.7. The molecule has 0 aliphatic rings. The number of amidine groups is 3. The summed E-state index contributed by atoms with van der Waals surface area (Å²) >= 11 is 0. The van der Waals surface area contributed by atoms with Gasteiger partial charge in [-0.2, -0.15) is 0 Å². The SMILES string of the molecule is C=Cc1ccc(C(=NC=NC(C)C)Nc2cc(-n3c(C)c(C)c(C)c3C)ccc2F)c(C)c1.CC.CC(N)=NC(=Nc1cccc(-n2c(C)c(C)c(C)c2C)c1)c1ccccc1C. The summed E-state index contributed by atoms with van der Waals surface area (Å²) in [5.41, 5.74) is 24.1. The molecule has 0 bridgehead atoms. The van der Waals surface area contributed by atoms with Crippen molar-refractivity contribution < 1.29 is 4.39 Å². The number of anilines is 1. The smallest absolute Gasteiger partial charge is 0.161 e. The van der Waals surface area contributed by atoms with E-state index in [0.29, 0.717) is 23.2 Å². The topological polar surface area (TPSA) is 97.3 Å². The number of benzene rings is 4. The number of hydrogen-bond donors (Lipinski definition) is 2. The third-order valence-corrected chi connectivity index (χ3v) is 11.4. The zero-order valence-corrected chi connectivity index (χ0v) is 40.2. The Kier molecular flexibility index (Phi) is 17.1. The average molecular weight is 847 g/mol. The lowest BCUT2D eigenvalue weighted by atomic mass is 10.0. The minimum Gasteiger partial charge on any atom is -0.387 e. The van der Waals surface area contributed by atoms with Gasteiger partial charge in [0.25, 0.3) is 0 Å². The standard InChI is InChI=1S/C28H33FN4.C24H28N4.C2H6/c1-9-23-10-12-25(18(4)14-23)28(31-16-30-17(2)3)32-27-15-24(11-13-26(27)29)33-21(7)19(5)20(6)22(33)8;1-15-10-7-8-13-23(15)24(26-20(6)25)27-21-11-9-12-22(14-21)28-18(4)16(2)17(3)19(28)5;1-2/h9-17H,1H2,2-8H3,(H,30,31,32);7-14H,1-6H3,(H2,25,26,27);1-2H3. The average Bonchev–Trinajstić information content (AvgIpc) is 3.57. The van der Waals surface area contributed by atoms with Gasteiger partial charge in [0.05, 0.1) is 17.2 Å². The normalized spacial score (nSPS) is 12.0. The van der Waals surface area contributed by atoms with Crippen molar-refractivity contribution in [2.45, 2.75) is 110 Å². The Morgan fingerprint density at radius 3 is 1.78 bits per heavy atom. The van der Waals surface area contributed by atoms with Crippen LogP contribution in [0.3, 0.4) is 0 Å². The van der Waals surface area contributed by atoms with E-state index in [2.05, 4.69) is 117 Å². The van der Waals surface area contributed by atoms with Gasteiger partial charge in [-0.05, 0) is 165 Å². The van der Waals surface area contributed by atoms with E-state index in [-0.39, 0.29) is 11.9 Å². The molecule has 0 radical (unpaired) electrons. The fourth-order valence-electron chi connectivity index (χ4n) is 7.34. The first-order chi connectivity index (χ1) is 29.9. The second kappa shape index (κ2) is 22.0. The molecule has 2 aromatic heterocycles. The lowest BCUT2D eigenvalue weighted by molar-refractivity contribution is 0.631. The second-order valence-corrected chi connectivity index (χ2v) is 15.9. The van der Waals surface area contributed by atoms with Crippen LogP contribution in [0, 0.1) is 75.1 Å². The van der Waals surface area contributed by atoms with Gasteiger partial charge in [0, 0.05) is 51.3 Å². The van der Waals surface area contributed by atoms with Gasteiger partial charge < -0.3 is 20.2 Å². The van der Waals surface area contributed by atoms with Crippen LogP contribution in [0.2, 0.25) is 0 Å². The maximum absolute atomic E-state index is 14.9. The molecule has 0 spiro atoms. The van der Waals surface area contributed by atoms with Gasteiger partial charge >= 0.3 is 0 Å². The van der Waals surface area contributed by atoms with E-state index < -0.39 is 0 Å². The van der Waals surface area contributed by atoms with Crippen LogP contribution in [-0.2, 0) is 0 Å². The third-order valence-electron chi connectivity index (χ3n) is 11.4.